The molecule has 1 aromatic rings. The predicted molar refractivity (Wildman–Crippen MR) is 37.4 cm³/mol. The van der Waals surface area contributed by atoms with Gasteiger partial charge in [0.2, 0.25) is 0 Å². The molecule has 0 bridgehead atoms. The van der Waals surface area contributed by atoms with E-state index < -0.39 is 18.1 Å². The molecule has 0 unspecified atom stereocenters. The van der Waals surface area contributed by atoms with Gasteiger partial charge < -0.3 is 9.47 Å². The molecule has 0 aliphatic heterocycles. The van der Waals surface area contributed by atoms with Crippen LogP contribution in [0.1, 0.15) is 0 Å². The number of nitrogens with zero attached hydrogens (tertiary/aromatic N) is 1. The largest absolute Gasteiger partial charge is 0.573 e. The second-order valence-corrected chi connectivity index (χ2v) is 2.21. The van der Waals surface area contributed by atoms with Gasteiger partial charge in [-0.25, -0.2) is 4.98 Å². The van der Waals surface area contributed by atoms with Crippen molar-refractivity contribution in [1.29, 1.82) is 0 Å². The topological polar surface area (TPSA) is 31.4 Å². The molecule has 0 atom stereocenters. The number of aromatic nitrogens is 1. The highest BCUT2D eigenvalue weighted by atomic mass is 19.4. The van der Waals surface area contributed by atoms with Crippen LogP contribution < -0.4 is 9.47 Å². The molecule has 3 nitrogen and oxygen atoms in total. The van der Waals surface area contributed by atoms with E-state index in [9.17, 15) is 17.6 Å². The van der Waals surface area contributed by atoms with Crippen LogP contribution in [0.5, 0.6) is 11.5 Å². The molecule has 0 saturated heterocycles. The van der Waals surface area contributed by atoms with E-state index in [2.05, 4.69) is 14.5 Å². The predicted octanol–water partition coefficient (Wildman–Crippen LogP) is 2.13. The zero-order valence-electron chi connectivity index (χ0n) is 6.93. The van der Waals surface area contributed by atoms with Crippen LogP contribution in [0.15, 0.2) is 12.3 Å². The highest BCUT2D eigenvalue weighted by molar-refractivity contribution is 5.29. The van der Waals surface area contributed by atoms with Gasteiger partial charge in [-0.3, -0.25) is 0 Å². The summed E-state index contributed by atoms with van der Waals surface area (Å²) in [5.41, 5.74) is 0. The Labute approximate surface area is 76.3 Å². The molecule has 14 heavy (non-hydrogen) atoms. The van der Waals surface area contributed by atoms with Crippen molar-refractivity contribution < 1.29 is 27.0 Å². The van der Waals surface area contributed by atoms with E-state index in [1.54, 1.807) is 0 Å². The average molecular weight is 211 g/mol. The second-order valence-electron chi connectivity index (χ2n) is 2.21. The Kier molecular flexibility index (Phi) is 2.78. The molecule has 0 amide bonds. The van der Waals surface area contributed by atoms with Crippen molar-refractivity contribution in [2.45, 2.75) is 6.36 Å². The van der Waals surface area contributed by atoms with E-state index in [1.165, 1.54) is 7.11 Å². The molecule has 0 aliphatic carbocycles. The average Bonchev–Trinajstić information content (AvgIpc) is 2.06. The van der Waals surface area contributed by atoms with Gasteiger partial charge in [-0.2, -0.15) is 4.39 Å². The number of rotatable bonds is 2. The van der Waals surface area contributed by atoms with Gasteiger partial charge in [0.25, 0.3) is 5.95 Å². The van der Waals surface area contributed by atoms with Crippen LogP contribution in [0.25, 0.3) is 0 Å². The Balaban J connectivity index is 2.95. The number of hydrogen-bond acceptors (Lipinski definition) is 3. The van der Waals surface area contributed by atoms with E-state index in [-0.39, 0.29) is 5.75 Å². The molecule has 7 heteroatoms. The second kappa shape index (κ2) is 3.69. The van der Waals surface area contributed by atoms with E-state index >= 15 is 0 Å². The first kappa shape index (κ1) is 10.6. The molecule has 0 aliphatic rings. The summed E-state index contributed by atoms with van der Waals surface area (Å²) >= 11 is 0. The summed E-state index contributed by atoms with van der Waals surface area (Å²) in [6.07, 6.45) is -4.01. The van der Waals surface area contributed by atoms with Crippen molar-refractivity contribution in [2.24, 2.45) is 0 Å². The van der Waals surface area contributed by atoms with Crippen LogP contribution in [0, 0.1) is 5.95 Å². The van der Waals surface area contributed by atoms with Gasteiger partial charge in [0.05, 0.1) is 13.3 Å². The zero-order chi connectivity index (χ0) is 10.8. The molecule has 0 radical (unpaired) electrons. The van der Waals surface area contributed by atoms with Gasteiger partial charge in [0.1, 0.15) is 5.75 Å². The molecule has 1 heterocycles. The van der Waals surface area contributed by atoms with E-state index in [4.69, 9.17) is 0 Å². The van der Waals surface area contributed by atoms with Gasteiger partial charge in [-0.05, 0) is 0 Å². The summed E-state index contributed by atoms with van der Waals surface area (Å²) in [6.45, 7) is 0. The van der Waals surface area contributed by atoms with Crippen LogP contribution in [0.2, 0.25) is 0 Å². The van der Waals surface area contributed by atoms with Crippen molar-refractivity contribution in [1.82, 2.24) is 4.98 Å². The Bertz CT molecular complexity index is 326. The summed E-state index contributed by atoms with van der Waals surface area (Å²) in [7, 11) is 1.21. The Morgan fingerprint density at radius 3 is 2.50 bits per heavy atom. The first-order chi connectivity index (χ1) is 6.42. The van der Waals surface area contributed by atoms with Gasteiger partial charge in [0, 0.05) is 6.07 Å². The lowest BCUT2D eigenvalue weighted by Crippen LogP contribution is -2.18. The van der Waals surface area contributed by atoms with E-state index in [1.807, 2.05) is 0 Å². The fourth-order valence-electron chi connectivity index (χ4n) is 0.718. The van der Waals surface area contributed by atoms with Gasteiger partial charge >= 0.3 is 6.36 Å². The minimum atomic E-state index is -4.95. The SMILES string of the molecule is COc1cnc(F)c(OC(F)(F)F)c1. The van der Waals surface area contributed by atoms with E-state index in [0.717, 1.165) is 12.3 Å². The third kappa shape index (κ3) is 2.75. The van der Waals surface area contributed by atoms with Gasteiger partial charge in [0.15, 0.2) is 5.75 Å². The van der Waals surface area contributed by atoms with Crippen LogP contribution in [-0.2, 0) is 0 Å². The van der Waals surface area contributed by atoms with Crippen molar-refractivity contribution in [3.05, 3.63) is 18.2 Å². The molecule has 1 rings (SSSR count). The fourth-order valence-corrected chi connectivity index (χ4v) is 0.718. The maximum atomic E-state index is 12.6. The normalized spacial score (nSPS) is 11.2. The Morgan fingerprint density at radius 2 is 2.00 bits per heavy atom. The molecular weight excluding hydrogens is 206 g/mol. The monoisotopic (exact) mass is 211 g/mol. The molecular formula is C7H5F4NO2. The third-order valence-corrected chi connectivity index (χ3v) is 1.24. The first-order valence-corrected chi connectivity index (χ1v) is 3.37. The fraction of sp³-hybridized carbons (Fsp3) is 0.286. The van der Waals surface area contributed by atoms with Crippen molar-refractivity contribution in [2.75, 3.05) is 7.11 Å². The minimum Gasteiger partial charge on any atom is -0.495 e. The zero-order valence-corrected chi connectivity index (χ0v) is 6.93. The van der Waals surface area contributed by atoms with Gasteiger partial charge in [-0.1, -0.05) is 0 Å². The Hall–Kier alpha value is -1.53. The van der Waals surface area contributed by atoms with Crippen LogP contribution in [-0.4, -0.2) is 18.5 Å². The maximum absolute atomic E-state index is 12.6. The lowest BCUT2D eigenvalue weighted by Gasteiger charge is -2.09. The van der Waals surface area contributed by atoms with Crippen LogP contribution in [0.3, 0.4) is 0 Å². The van der Waals surface area contributed by atoms with Crippen molar-refractivity contribution >= 4 is 0 Å². The van der Waals surface area contributed by atoms with Crippen molar-refractivity contribution in [3.8, 4) is 11.5 Å². The number of pyridine rings is 1. The molecule has 0 saturated carbocycles. The number of alkyl halides is 3. The highest BCUT2D eigenvalue weighted by Gasteiger charge is 2.32. The standard InChI is InChI=1S/C7H5F4NO2/c1-13-4-2-5(6(8)12-3-4)14-7(9,10)11/h2-3H,1H3. The first-order valence-electron chi connectivity index (χ1n) is 3.37. The molecule has 78 valence electrons. The molecule has 0 spiro atoms. The van der Waals surface area contributed by atoms with Crippen LogP contribution >= 0.6 is 0 Å². The van der Waals surface area contributed by atoms with E-state index in [0.29, 0.717) is 0 Å². The molecule has 0 aromatic carbocycles. The number of halogens is 4. The summed E-state index contributed by atoms with van der Waals surface area (Å²) in [4.78, 5) is 3.02. The number of ether oxygens (including phenoxy) is 2. The summed E-state index contributed by atoms with van der Waals surface area (Å²) < 4.78 is 55.6. The maximum Gasteiger partial charge on any atom is 0.573 e. The summed E-state index contributed by atoms with van der Waals surface area (Å²) in [6, 6.07) is 0.760. The van der Waals surface area contributed by atoms with Gasteiger partial charge in [-0.15, -0.1) is 13.2 Å². The third-order valence-electron chi connectivity index (χ3n) is 1.24. The molecule has 1 aromatic heterocycles. The smallest absolute Gasteiger partial charge is 0.495 e. The number of hydrogen-bond donors (Lipinski definition) is 0. The Morgan fingerprint density at radius 1 is 1.36 bits per heavy atom. The number of methoxy groups -OCH3 is 1. The summed E-state index contributed by atoms with van der Waals surface area (Å²) in [5, 5.41) is 0. The quantitative estimate of drug-likeness (QED) is 0.554. The highest BCUT2D eigenvalue weighted by Crippen LogP contribution is 2.27. The summed E-state index contributed by atoms with van der Waals surface area (Å²) in [5.74, 6) is -2.38. The lowest BCUT2D eigenvalue weighted by molar-refractivity contribution is -0.275. The molecule has 0 N–H and O–H groups in total. The van der Waals surface area contributed by atoms with Crippen molar-refractivity contribution in [3.63, 3.8) is 0 Å². The molecule has 0 fully saturated rings. The lowest BCUT2D eigenvalue weighted by atomic mass is 10.4. The minimum absolute atomic E-state index is 0.0225. The van der Waals surface area contributed by atoms with Crippen LogP contribution in [0.4, 0.5) is 17.6 Å².